The van der Waals surface area contributed by atoms with Gasteiger partial charge in [-0.2, -0.15) is 0 Å². The SMILES string of the molecule is CCC(CN1CCCCC1)NC(=O)Cc1c(C)[nH]c2ccc(F)cc12. The van der Waals surface area contributed by atoms with E-state index in [1.807, 2.05) is 6.92 Å². The third kappa shape index (κ3) is 4.40. The van der Waals surface area contributed by atoms with Crippen molar-refractivity contribution in [3.05, 3.63) is 35.3 Å². The van der Waals surface area contributed by atoms with Gasteiger partial charge < -0.3 is 15.2 Å². The van der Waals surface area contributed by atoms with Gasteiger partial charge in [-0.1, -0.05) is 13.3 Å². The van der Waals surface area contributed by atoms with E-state index in [-0.39, 0.29) is 24.2 Å². The van der Waals surface area contributed by atoms with Crippen molar-refractivity contribution >= 4 is 16.8 Å². The highest BCUT2D eigenvalue weighted by atomic mass is 19.1. The van der Waals surface area contributed by atoms with Crippen LogP contribution in [0.2, 0.25) is 0 Å². The minimum Gasteiger partial charge on any atom is -0.358 e. The molecule has 5 heteroatoms. The van der Waals surface area contributed by atoms with Gasteiger partial charge in [0, 0.05) is 29.2 Å². The molecule has 0 radical (unpaired) electrons. The Kier molecular flexibility index (Phi) is 5.74. The Labute approximate surface area is 148 Å². The van der Waals surface area contributed by atoms with Crippen LogP contribution in [0, 0.1) is 12.7 Å². The molecule has 1 saturated heterocycles. The molecule has 1 amide bonds. The molecule has 2 heterocycles. The number of carbonyl (C=O) groups excluding carboxylic acids is 1. The van der Waals surface area contributed by atoms with Gasteiger partial charge in [0.2, 0.25) is 5.91 Å². The van der Waals surface area contributed by atoms with Gasteiger partial charge in [-0.3, -0.25) is 4.79 Å². The predicted octanol–water partition coefficient (Wildman–Crippen LogP) is 3.54. The predicted molar refractivity (Wildman–Crippen MR) is 99.2 cm³/mol. The van der Waals surface area contributed by atoms with E-state index in [1.165, 1.54) is 31.4 Å². The van der Waals surface area contributed by atoms with Crippen LogP contribution in [0.25, 0.3) is 10.9 Å². The lowest BCUT2D eigenvalue weighted by molar-refractivity contribution is -0.121. The molecule has 1 unspecified atom stereocenters. The summed E-state index contributed by atoms with van der Waals surface area (Å²) in [7, 11) is 0. The first-order valence-corrected chi connectivity index (χ1v) is 9.35. The van der Waals surface area contributed by atoms with Crippen molar-refractivity contribution in [3.63, 3.8) is 0 Å². The zero-order valence-corrected chi connectivity index (χ0v) is 15.2. The number of carbonyl (C=O) groups is 1. The number of fused-ring (bicyclic) bond motifs is 1. The third-order valence-corrected chi connectivity index (χ3v) is 5.20. The second-order valence-electron chi connectivity index (χ2n) is 7.13. The molecular formula is C20H28FN3O. The summed E-state index contributed by atoms with van der Waals surface area (Å²) in [5, 5.41) is 3.97. The zero-order valence-electron chi connectivity index (χ0n) is 15.2. The van der Waals surface area contributed by atoms with Gasteiger partial charge in [0.25, 0.3) is 0 Å². The number of rotatable bonds is 6. The molecule has 0 bridgehead atoms. The van der Waals surface area contributed by atoms with Crippen molar-refractivity contribution < 1.29 is 9.18 Å². The topological polar surface area (TPSA) is 48.1 Å². The number of piperidine rings is 1. The Morgan fingerprint density at radius 1 is 1.32 bits per heavy atom. The van der Waals surface area contributed by atoms with Gasteiger partial charge in [0.15, 0.2) is 0 Å². The van der Waals surface area contributed by atoms with E-state index in [0.717, 1.165) is 48.2 Å². The number of likely N-dealkylation sites (tertiary alicyclic amines) is 1. The molecule has 2 aromatic rings. The third-order valence-electron chi connectivity index (χ3n) is 5.20. The number of aromatic amines is 1. The van der Waals surface area contributed by atoms with E-state index in [2.05, 4.69) is 22.1 Å². The highest BCUT2D eigenvalue weighted by Gasteiger charge is 2.19. The number of aromatic nitrogens is 1. The van der Waals surface area contributed by atoms with E-state index in [0.29, 0.717) is 0 Å². The van der Waals surface area contributed by atoms with Crippen molar-refractivity contribution in [2.24, 2.45) is 0 Å². The van der Waals surface area contributed by atoms with Crippen LogP contribution >= 0.6 is 0 Å². The van der Waals surface area contributed by atoms with Crippen molar-refractivity contribution in [1.29, 1.82) is 0 Å². The average molecular weight is 345 g/mol. The number of aryl methyl sites for hydroxylation is 1. The van der Waals surface area contributed by atoms with Crippen LogP contribution in [0.1, 0.15) is 43.9 Å². The van der Waals surface area contributed by atoms with Crippen LogP contribution in [0.3, 0.4) is 0 Å². The van der Waals surface area contributed by atoms with E-state index in [4.69, 9.17) is 0 Å². The van der Waals surface area contributed by atoms with Crippen LogP contribution < -0.4 is 5.32 Å². The molecule has 0 saturated carbocycles. The van der Waals surface area contributed by atoms with E-state index in [1.54, 1.807) is 6.07 Å². The summed E-state index contributed by atoms with van der Waals surface area (Å²) >= 11 is 0. The lowest BCUT2D eigenvalue weighted by atomic mass is 10.1. The Morgan fingerprint density at radius 3 is 2.80 bits per heavy atom. The van der Waals surface area contributed by atoms with E-state index < -0.39 is 0 Å². The Morgan fingerprint density at radius 2 is 2.08 bits per heavy atom. The summed E-state index contributed by atoms with van der Waals surface area (Å²) < 4.78 is 13.6. The van der Waals surface area contributed by atoms with Crippen molar-refractivity contribution in [2.45, 2.75) is 52.0 Å². The second-order valence-corrected chi connectivity index (χ2v) is 7.13. The lowest BCUT2D eigenvalue weighted by Gasteiger charge is -2.30. The second kappa shape index (κ2) is 8.00. The molecule has 2 N–H and O–H groups in total. The number of amides is 1. The first-order valence-electron chi connectivity index (χ1n) is 9.35. The zero-order chi connectivity index (χ0) is 17.8. The first kappa shape index (κ1) is 17.9. The fraction of sp³-hybridized carbons (Fsp3) is 0.550. The van der Waals surface area contributed by atoms with Gasteiger partial charge in [-0.05, 0) is 63.0 Å². The van der Waals surface area contributed by atoms with Gasteiger partial charge >= 0.3 is 0 Å². The molecule has 4 nitrogen and oxygen atoms in total. The number of nitrogens with zero attached hydrogens (tertiary/aromatic N) is 1. The lowest BCUT2D eigenvalue weighted by Crippen LogP contribution is -2.45. The normalized spacial score (nSPS) is 16.9. The summed E-state index contributed by atoms with van der Waals surface area (Å²) in [5.74, 6) is -0.262. The molecule has 0 aliphatic carbocycles. The van der Waals surface area contributed by atoms with Crippen LogP contribution in [0.5, 0.6) is 0 Å². The smallest absolute Gasteiger partial charge is 0.224 e. The van der Waals surface area contributed by atoms with Gasteiger partial charge in [-0.15, -0.1) is 0 Å². The number of H-pyrrole nitrogens is 1. The Hall–Kier alpha value is -1.88. The maximum Gasteiger partial charge on any atom is 0.224 e. The average Bonchev–Trinajstić information content (AvgIpc) is 2.90. The molecule has 1 aromatic carbocycles. The highest BCUT2D eigenvalue weighted by molar-refractivity contribution is 5.90. The Bertz CT molecular complexity index is 734. The molecule has 1 atom stereocenters. The van der Waals surface area contributed by atoms with Gasteiger partial charge in [0.05, 0.1) is 6.42 Å². The molecular weight excluding hydrogens is 317 g/mol. The molecule has 1 aliphatic rings. The molecule has 1 aromatic heterocycles. The summed E-state index contributed by atoms with van der Waals surface area (Å²) in [4.78, 5) is 18.3. The molecule has 1 aliphatic heterocycles. The fourth-order valence-electron chi connectivity index (χ4n) is 3.75. The summed E-state index contributed by atoms with van der Waals surface area (Å²) in [6, 6.07) is 4.85. The summed E-state index contributed by atoms with van der Waals surface area (Å²) in [5.41, 5.74) is 2.70. The number of benzene rings is 1. The summed E-state index contributed by atoms with van der Waals surface area (Å²) in [6.07, 6.45) is 5.03. The largest absolute Gasteiger partial charge is 0.358 e. The van der Waals surface area contributed by atoms with Crippen molar-refractivity contribution in [3.8, 4) is 0 Å². The summed E-state index contributed by atoms with van der Waals surface area (Å²) in [6.45, 7) is 7.23. The number of hydrogen-bond acceptors (Lipinski definition) is 2. The first-order chi connectivity index (χ1) is 12.1. The standard InChI is InChI=1S/C20H28FN3O/c1-3-16(13-24-9-5-4-6-10-24)23-20(25)12-17-14(2)22-19-8-7-15(21)11-18(17)19/h7-8,11,16,22H,3-6,9-10,12-13H2,1-2H3,(H,23,25). The molecule has 25 heavy (non-hydrogen) atoms. The van der Waals surface area contributed by atoms with Crippen LogP contribution in [-0.4, -0.2) is 41.5 Å². The van der Waals surface area contributed by atoms with Crippen LogP contribution in [0.4, 0.5) is 4.39 Å². The van der Waals surface area contributed by atoms with Gasteiger partial charge in [-0.25, -0.2) is 4.39 Å². The minimum atomic E-state index is -0.273. The number of nitrogens with one attached hydrogen (secondary N) is 2. The fourth-order valence-corrected chi connectivity index (χ4v) is 3.75. The number of hydrogen-bond donors (Lipinski definition) is 2. The highest BCUT2D eigenvalue weighted by Crippen LogP contribution is 2.23. The number of halogens is 1. The quantitative estimate of drug-likeness (QED) is 0.841. The monoisotopic (exact) mass is 345 g/mol. The maximum atomic E-state index is 13.6. The molecule has 3 rings (SSSR count). The van der Waals surface area contributed by atoms with Gasteiger partial charge in [0.1, 0.15) is 5.82 Å². The van der Waals surface area contributed by atoms with Crippen molar-refractivity contribution in [2.75, 3.05) is 19.6 Å². The van der Waals surface area contributed by atoms with Crippen LogP contribution in [0.15, 0.2) is 18.2 Å². The molecule has 1 fully saturated rings. The molecule has 0 spiro atoms. The van der Waals surface area contributed by atoms with Crippen molar-refractivity contribution in [1.82, 2.24) is 15.2 Å². The molecule has 136 valence electrons. The van der Waals surface area contributed by atoms with E-state index in [9.17, 15) is 9.18 Å². The maximum absolute atomic E-state index is 13.6. The minimum absolute atomic E-state index is 0.0112. The van der Waals surface area contributed by atoms with Crippen LogP contribution in [-0.2, 0) is 11.2 Å². The Balaban J connectivity index is 1.65. The van der Waals surface area contributed by atoms with E-state index >= 15 is 0 Å².